The molecule has 2 aromatic rings. The maximum atomic E-state index is 12.6. The van der Waals surface area contributed by atoms with Crippen LogP contribution in [-0.4, -0.2) is 42.3 Å². The largest absolute Gasteiger partial charge is 0.481 e. The number of hydrogen-bond donors (Lipinski definition) is 3. The molecule has 0 heterocycles. The molecule has 0 saturated heterocycles. The lowest BCUT2D eigenvalue weighted by Crippen LogP contribution is -2.39. The number of hydrogen-bond acceptors (Lipinski definition) is 4. The van der Waals surface area contributed by atoms with Crippen molar-refractivity contribution in [1.82, 2.24) is 10.6 Å². The quantitative estimate of drug-likeness (QED) is 0.552. The Labute approximate surface area is 198 Å². The molecule has 0 spiro atoms. The van der Waals surface area contributed by atoms with E-state index in [0.29, 0.717) is 6.54 Å². The molecule has 3 aliphatic rings. The van der Waals surface area contributed by atoms with Gasteiger partial charge in [0.15, 0.2) is 0 Å². The van der Waals surface area contributed by atoms with E-state index in [2.05, 4.69) is 34.9 Å². The van der Waals surface area contributed by atoms with Crippen LogP contribution in [0, 0.1) is 17.8 Å². The van der Waals surface area contributed by atoms with Crippen LogP contribution in [0.5, 0.6) is 0 Å². The Hall–Kier alpha value is -3.35. The molecule has 2 fully saturated rings. The van der Waals surface area contributed by atoms with Gasteiger partial charge < -0.3 is 20.5 Å². The highest BCUT2D eigenvalue weighted by Crippen LogP contribution is 2.44. The van der Waals surface area contributed by atoms with Crippen molar-refractivity contribution < 1.29 is 24.2 Å². The molecular formula is C27H30N2O5. The molecule has 7 heteroatoms. The van der Waals surface area contributed by atoms with Crippen LogP contribution in [0.3, 0.4) is 0 Å². The zero-order chi connectivity index (χ0) is 23.7. The first-order valence-electron chi connectivity index (χ1n) is 12.1. The van der Waals surface area contributed by atoms with E-state index in [0.717, 1.165) is 25.7 Å². The van der Waals surface area contributed by atoms with Gasteiger partial charge in [-0.05, 0) is 53.4 Å². The van der Waals surface area contributed by atoms with Gasteiger partial charge in [0.1, 0.15) is 6.61 Å². The van der Waals surface area contributed by atoms with Crippen molar-refractivity contribution in [2.45, 2.75) is 44.1 Å². The summed E-state index contributed by atoms with van der Waals surface area (Å²) in [5.41, 5.74) is 4.71. The smallest absolute Gasteiger partial charge is 0.407 e. The third-order valence-corrected chi connectivity index (χ3v) is 7.54. The average molecular weight is 463 g/mol. The van der Waals surface area contributed by atoms with Crippen molar-refractivity contribution in [2.24, 2.45) is 17.8 Å². The lowest BCUT2D eigenvalue weighted by Gasteiger charge is -2.19. The highest BCUT2D eigenvalue weighted by atomic mass is 16.5. The third-order valence-electron chi connectivity index (χ3n) is 7.54. The number of carbonyl (C=O) groups is 3. The molecule has 0 bridgehead atoms. The molecule has 2 saturated carbocycles. The predicted molar refractivity (Wildman–Crippen MR) is 126 cm³/mol. The molecule has 3 N–H and O–H groups in total. The molecule has 0 radical (unpaired) electrons. The molecule has 2 amide bonds. The van der Waals surface area contributed by atoms with Gasteiger partial charge in [0.2, 0.25) is 5.91 Å². The number of aliphatic carboxylic acids is 1. The topological polar surface area (TPSA) is 105 Å². The highest BCUT2D eigenvalue weighted by molar-refractivity contribution is 5.82. The number of benzene rings is 2. The van der Waals surface area contributed by atoms with Crippen LogP contribution in [0.1, 0.15) is 49.1 Å². The van der Waals surface area contributed by atoms with Crippen LogP contribution >= 0.6 is 0 Å². The van der Waals surface area contributed by atoms with Crippen molar-refractivity contribution in [3.8, 4) is 11.1 Å². The Morgan fingerprint density at radius 3 is 2.29 bits per heavy atom. The number of alkyl carbamates (subject to hydrolysis) is 1. The second-order valence-corrected chi connectivity index (χ2v) is 9.71. The summed E-state index contributed by atoms with van der Waals surface area (Å²) in [5, 5.41) is 14.9. The molecule has 0 aromatic heterocycles. The lowest BCUT2D eigenvalue weighted by atomic mass is 9.98. The molecule has 2 aromatic carbocycles. The van der Waals surface area contributed by atoms with E-state index >= 15 is 0 Å². The summed E-state index contributed by atoms with van der Waals surface area (Å²) in [5.74, 6) is -0.843. The second-order valence-electron chi connectivity index (χ2n) is 9.71. The average Bonchev–Trinajstić information content (AvgIpc) is 3.39. The number of carbonyl (C=O) groups excluding carboxylic acids is 2. The Morgan fingerprint density at radius 1 is 0.941 bits per heavy atom. The summed E-state index contributed by atoms with van der Waals surface area (Å²) in [6, 6.07) is 16.4. The number of carboxylic acids is 1. The van der Waals surface area contributed by atoms with Gasteiger partial charge in [-0.15, -0.1) is 0 Å². The van der Waals surface area contributed by atoms with E-state index in [-0.39, 0.29) is 48.6 Å². The molecular weight excluding hydrogens is 432 g/mol. The minimum absolute atomic E-state index is 0.0117. The molecule has 178 valence electrons. The lowest BCUT2D eigenvalue weighted by molar-refractivity contribution is -0.138. The molecule has 5 rings (SSSR count). The maximum absolute atomic E-state index is 12.6. The number of ether oxygens (including phenoxy) is 1. The Kier molecular flexibility index (Phi) is 6.26. The Balaban J connectivity index is 1.08. The summed E-state index contributed by atoms with van der Waals surface area (Å²) in [4.78, 5) is 36.0. The van der Waals surface area contributed by atoms with Crippen molar-refractivity contribution in [3.05, 3.63) is 59.7 Å². The Bertz CT molecular complexity index is 1050. The first-order valence-corrected chi connectivity index (χ1v) is 12.1. The molecule has 0 aliphatic heterocycles. The van der Waals surface area contributed by atoms with Gasteiger partial charge >= 0.3 is 12.1 Å². The number of nitrogens with one attached hydrogen (secondary N) is 2. The first kappa shape index (κ1) is 22.4. The zero-order valence-electron chi connectivity index (χ0n) is 19.0. The SMILES string of the molecule is O=C(O)CC1CCCC1NC(=O)[C@@H]1C[C@@H]1CNC(=O)OCC1c2ccccc2-c2ccccc21. The van der Waals surface area contributed by atoms with Crippen LogP contribution in [0.25, 0.3) is 11.1 Å². The molecule has 34 heavy (non-hydrogen) atoms. The summed E-state index contributed by atoms with van der Waals surface area (Å²) in [6.07, 6.45) is 2.98. The van der Waals surface area contributed by atoms with Crippen LogP contribution in [0.2, 0.25) is 0 Å². The monoisotopic (exact) mass is 462 g/mol. The first-order chi connectivity index (χ1) is 16.5. The van der Waals surface area contributed by atoms with E-state index in [1.165, 1.54) is 22.3 Å². The van der Waals surface area contributed by atoms with E-state index < -0.39 is 12.1 Å². The van der Waals surface area contributed by atoms with Gasteiger partial charge in [-0.25, -0.2) is 4.79 Å². The number of fused-ring (bicyclic) bond motifs is 3. The fourth-order valence-corrected chi connectivity index (χ4v) is 5.64. The van der Waals surface area contributed by atoms with Crippen molar-refractivity contribution in [2.75, 3.05) is 13.2 Å². The van der Waals surface area contributed by atoms with Crippen LogP contribution in [0.15, 0.2) is 48.5 Å². The number of rotatable bonds is 8. The molecule has 7 nitrogen and oxygen atoms in total. The standard InChI is InChI=1S/C27H30N2O5/c30-25(31)13-16-6-5-11-24(16)29-26(32)22-12-17(22)14-28-27(33)34-15-23-20-9-3-1-7-18(20)19-8-2-4-10-21(19)23/h1-4,7-10,16-17,22-24H,5-6,11-15H2,(H,28,33)(H,29,32)(H,30,31)/t16?,17-,22-,24?/m1/s1. The summed E-state index contributed by atoms with van der Waals surface area (Å²) in [7, 11) is 0. The van der Waals surface area contributed by atoms with Crippen molar-refractivity contribution >= 4 is 18.0 Å². The number of amides is 2. The predicted octanol–water partition coefficient (Wildman–Crippen LogP) is 3.92. The van der Waals surface area contributed by atoms with E-state index in [1.807, 2.05) is 24.3 Å². The molecule has 3 aliphatic carbocycles. The summed E-state index contributed by atoms with van der Waals surface area (Å²) >= 11 is 0. The van der Waals surface area contributed by atoms with E-state index in [1.54, 1.807) is 0 Å². The Morgan fingerprint density at radius 2 is 1.62 bits per heavy atom. The van der Waals surface area contributed by atoms with Gasteiger partial charge in [0, 0.05) is 24.4 Å². The third kappa shape index (κ3) is 4.65. The van der Waals surface area contributed by atoms with Gasteiger partial charge in [0.25, 0.3) is 0 Å². The minimum atomic E-state index is -0.817. The van der Waals surface area contributed by atoms with Gasteiger partial charge in [-0.3, -0.25) is 9.59 Å². The fraction of sp³-hybridized carbons (Fsp3) is 0.444. The highest BCUT2D eigenvalue weighted by Gasteiger charge is 2.44. The fourth-order valence-electron chi connectivity index (χ4n) is 5.64. The van der Waals surface area contributed by atoms with E-state index in [9.17, 15) is 14.4 Å². The van der Waals surface area contributed by atoms with Gasteiger partial charge in [-0.2, -0.15) is 0 Å². The minimum Gasteiger partial charge on any atom is -0.481 e. The normalized spacial score (nSPS) is 24.7. The van der Waals surface area contributed by atoms with Crippen LogP contribution in [0.4, 0.5) is 4.79 Å². The zero-order valence-corrected chi connectivity index (χ0v) is 19.0. The van der Waals surface area contributed by atoms with Crippen LogP contribution < -0.4 is 10.6 Å². The van der Waals surface area contributed by atoms with Crippen molar-refractivity contribution in [1.29, 1.82) is 0 Å². The van der Waals surface area contributed by atoms with Crippen molar-refractivity contribution in [3.63, 3.8) is 0 Å². The summed E-state index contributed by atoms with van der Waals surface area (Å²) < 4.78 is 5.57. The maximum Gasteiger partial charge on any atom is 0.407 e. The van der Waals surface area contributed by atoms with Crippen LogP contribution in [-0.2, 0) is 14.3 Å². The van der Waals surface area contributed by atoms with Gasteiger partial charge in [-0.1, -0.05) is 55.0 Å². The molecule has 4 atom stereocenters. The number of carboxylic acid groups (broad SMARTS) is 1. The second kappa shape index (κ2) is 9.49. The summed E-state index contributed by atoms with van der Waals surface area (Å²) in [6.45, 7) is 0.666. The molecule has 2 unspecified atom stereocenters. The van der Waals surface area contributed by atoms with E-state index in [4.69, 9.17) is 9.84 Å². The van der Waals surface area contributed by atoms with Gasteiger partial charge in [0.05, 0.1) is 6.42 Å².